The van der Waals surface area contributed by atoms with Crippen molar-refractivity contribution in [1.82, 2.24) is 10.2 Å². The van der Waals surface area contributed by atoms with Crippen LogP contribution >= 0.6 is 11.8 Å². The summed E-state index contributed by atoms with van der Waals surface area (Å²) in [6, 6.07) is 5.80. The number of fused-ring (bicyclic) bond motifs is 1. The normalized spacial score (nSPS) is 19.8. The summed E-state index contributed by atoms with van der Waals surface area (Å²) >= 11 is 1.49. The van der Waals surface area contributed by atoms with Crippen molar-refractivity contribution in [3.8, 4) is 0 Å². The molecule has 176 valence electrons. The minimum atomic E-state index is -0.411. The van der Waals surface area contributed by atoms with Crippen LogP contribution in [-0.4, -0.2) is 48.8 Å². The largest absolute Gasteiger partial charge is 0.460 e. The lowest BCUT2D eigenvalue weighted by Gasteiger charge is -2.37. The first-order valence-corrected chi connectivity index (χ1v) is 12.2. The van der Waals surface area contributed by atoms with Crippen LogP contribution in [0.25, 0.3) is 0 Å². The first-order chi connectivity index (χ1) is 15.9. The van der Waals surface area contributed by atoms with E-state index in [4.69, 9.17) is 14.5 Å². The molecule has 0 bridgehead atoms. The highest BCUT2D eigenvalue weighted by Crippen LogP contribution is 2.45. The van der Waals surface area contributed by atoms with Crippen molar-refractivity contribution in [3.63, 3.8) is 0 Å². The van der Waals surface area contributed by atoms with Crippen LogP contribution in [0.3, 0.4) is 0 Å². The number of aryl methyl sites for hydroxylation is 2. The second-order valence-corrected chi connectivity index (χ2v) is 9.64. The summed E-state index contributed by atoms with van der Waals surface area (Å²) < 4.78 is 10.6. The Morgan fingerprint density at radius 3 is 2.70 bits per heavy atom. The van der Waals surface area contributed by atoms with Gasteiger partial charge < -0.3 is 19.7 Å². The molecule has 0 saturated heterocycles. The Morgan fingerprint density at radius 2 is 2.00 bits per heavy atom. The van der Waals surface area contributed by atoms with Crippen molar-refractivity contribution in [2.75, 3.05) is 26.9 Å². The fourth-order valence-electron chi connectivity index (χ4n) is 4.16. The van der Waals surface area contributed by atoms with Gasteiger partial charge in [-0.1, -0.05) is 35.5 Å². The molecular weight excluding hydrogens is 438 g/mol. The van der Waals surface area contributed by atoms with Crippen LogP contribution in [-0.2, 0) is 19.1 Å². The van der Waals surface area contributed by atoms with E-state index in [0.717, 1.165) is 34.1 Å². The van der Waals surface area contributed by atoms with Crippen LogP contribution in [0.1, 0.15) is 48.9 Å². The lowest BCUT2D eigenvalue weighted by atomic mass is 9.90. The van der Waals surface area contributed by atoms with Crippen LogP contribution < -0.4 is 5.32 Å². The number of ether oxygens (including phenoxy) is 2. The number of amidine groups is 1. The Bertz CT molecular complexity index is 1040. The molecule has 1 saturated carbocycles. The average molecular weight is 470 g/mol. The van der Waals surface area contributed by atoms with Crippen molar-refractivity contribution in [2.45, 2.75) is 46.1 Å². The van der Waals surface area contributed by atoms with Gasteiger partial charge in [-0.3, -0.25) is 4.79 Å². The number of amides is 1. The Kier molecular flexibility index (Phi) is 7.24. The molecular formula is C25H31N3O4S. The van der Waals surface area contributed by atoms with E-state index >= 15 is 0 Å². The predicted molar refractivity (Wildman–Crippen MR) is 129 cm³/mol. The first-order valence-electron chi connectivity index (χ1n) is 11.3. The van der Waals surface area contributed by atoms with Crippen molar-refractivity contribution >= 4 is 28.8 Å². The highest BCUT2D eigenvalue weighted by Gasteiger charge is 2.41. The standard InChI is InChI=1S/C25H31N3O4S/c1-15-5-8-20(16(2)11-15)23-22(24(30)32-10-9-31-4)17(3)27-25-28(23)19(14-33-25)12-21(29)26-13-18-6-7-18/h5,8,11,14,18,23H,6-7,9-10,12-13H2,1-4H3,(H,26,29)/t23-/m0/s1. The summed E-state index contributed by atoms with van der Waals surface area (Å²) in [7, 11) is 1.57. The molecule has 1 atom stereocenters. The number of methoxy groups -OCH3 is 1. The molecule has 4 rings (SSSR count). The number of nitrogens with one attached hydrogen (secondary N) is 1. The third kappa shape index (κ3) is 5.33. The maximum absolute atomic E-state index is 13.2. The van der Waals surface area contributed by atoms with Gasteiger partial charge in [0.2, 0.25) is 5.91 Å². The second kappa shape index (κ2) is 10.1. The first kappa shape index (κ1) is 23.6. The number of allylic oxidation sites excluding steroid dienone is 1. The summed E-state index contributed by atoms with van der Waals surface area (Å²) in [5.74, 6) is 0.201. The Labute approximate surface area is 199 Å². The number of nitrogens with zero attached hydrogens (tertiary/aromatic N) is 2. The molecule has 7 nitrogen and oxygen atoms in total. The number of hydrogen-bond donors (Lipinski definition) is 1. The quantitative estimate of drug-likeness (QED) is 0.435. The number of carbonyl (C=O) groups is 2. The van der Waals surface area contributed by atoms with Crippen molar-refractivity contribution in [1.29, 1.82) is 0 Å². The zero-order valence-electron chi connectivity index (χ0n) is 19.6. The number of rotatable bonds is 9. The van der Waals surface area contributed by atoms with E-state index in [9.17, 15) is 9.59 Å². The number of esters is 1. The Balaban J connectivity index is 1.66. The molecule has 33 heavy (non-hydrogen) atoms. The van der Waals surface area contributed by atoms with E-state index in [1.54, 1.807) is 7.11 Å². The smallest absolute Gasteiger partial charge is 0.338 e. The number of hydrogen-bond acceptors (Lipinski definition) is 7. The van der Waals surface area contributed by atoms with Gasteiger partial charge in [-0.05, 0) is 56.1 Å². The predicted octanol–water partition coefficient (Wildman–Crippen LogP) is 3.98. The van der Waals surface area contributed by atoms with Crippen LogP contribution in [0.5, 0.6) is 0 Å². The minimum absolute atomic E-state index is 0.00938. The fourth-order valence-corrected chi connectivity index (χ4v) is 5.12. The van der Waals surface area contributed by atoms with Crippen molar-refractivity contribution in [2.24, 2.45) is 10.9 Å². The van der Waals surface area contributed by atoms with Gasteiger partial charge in [0, 0.05) is 19.4 Å². The zero-order chi connectivity index (χ0) is 23.5. The molecule has 1 aromatic carbocycles. The SMILES string of the molecule is COCCOC(=O)C1=C(C)N=C2SC=C(CC(=O)NCC3CC3)N2[C@H]1c1ccc(C)cc1C. The molecule has 0 aromatic heterocycles. The molecule has 1 aromatic rings. The highest BCUT2D eigenvalue weighted by molar-refractivity contribution is 8.16. The van der Waals surface area contributed by atoms with E-state index < -0.39 is 12.0 Å². The molecule has 1 fully saturated rings. The molecule has 3 aliphatic rings. The molecule has 2 aliphatic heterocycles. The van der Waals surface area contributed by atoms with Crippen molar-refractivity contribution in [3.05, 3.63) is 57.3 Å². The molecule has 0 unspecified atom stereocenters. The topological polar surface area (TPSA) is 80.2 Å². The number of thioether (sulfide) groups is 1. The van der Waals surface area contributed by atoms with Gasteiger partial charge in [0.15, 0.2) is 5.17 Å². The molecule has 2 heterocycles. The van der Waals surface area contributed by atoms with E-state index in [1.807, 2.05) is 37.1 Å². The van der Waals surface area contributed by atoms with Crippen LogP contribution in [0.15, 0.2) is 45.6 Å². The molecule has 8 heteroatoms. The summed E-state index contributed by atoms with van der Waals surface area (Å²) in [5.41, 5.74) is 5.19. The lowest BCUT2D eigenvalue weighted by Crippen LogP contribution is -2.38. The molecule has 0 spiro atoms. The van der Waals surface area contributed by atoms with Crippen LogP contribution in [0.4, 0.5) is 0 Å². The van der Waals surface area contributed by atoms with Gasteiger partial charge >= 0.3 is 5.97 Å². The van der Waals surface area contributed by atoms with Crippen LogP contribution in [0.2, 0.25) is 0 Å². The maximum atomic E-state index is 13.2. The lowest BCUT2D eigenvalue weighted by molar-refractivity contribution is -0.141. The monoisotopic (exact) mass is 469 g/mol. The van der Waals surface area contributed by atoms with Gasteiger partial charge in [0.1, 0.15) is 6.61 Å². The fraction of sp³-hybridized carbons (Fsp3) is 0.480. The van der Waals surface area contributed by atoms with Gasteiger partial charge in [-0.15, -0.1) is 0 Å². The third-order valence-electron chi connectivity index (χ3n) is 6.09. The summed E-state index contributed by atoms with van der Waals surface area (Å²) in [4.78, 5) is 32.6. The van der Waals surface area contributed by atoms with Gasteiger partial charge in [-0.2, -0.15) is 0 Å². The number of benzene rings is 1. The van der Waals surface area contributed by atoms with E-state index in [1.165, 1.54) is 24.6 Å². The van der Waals surface area contributed by atoms with Gasteiger partial charge in [0.25, 0.3) is 0 Å². The van der Waals surface area contributed by atoms with E-state index in [0.29, 0.717) is 23.8 Å². The number of carbonyl (C=O) groups excluding carboxylic acids is 2. The molecule has 1 amide bonds. The molecule has 0 radical (unpaired) electrons. The summed E-state index contributed by atoms with van der Waals surface area (Å²) in [5, 5.41) is 5.79. The average Bonchev–Trinajstić information content (AvgIpc) is 3.52. The number of aliphatic imine (C=N–C) groups is 1. The molecule has 1 N–H and O–H groups in total. The van der Waals surface area contributed by atoms with Crippen LogP contribution in [0, 0.1) is 19.8 Å². The van der Waals surface area contributed by atoms with E-state index in [2.05, 4.69) is 17.4 Å². The van der Waals surface area contributed by atoms with Crippen molar-refractivity contribution < 1.29 is 19.1 Å². The summed E-state index contributed by atoms with van der Waals surface area (Å²) in [6.45, 7) is 7.17. The second-order valence-electron chi connectivity index (χ2n) is 8.81. The maximum Gasteiger partial charge on any atom is 0.338 e. The zero-order valence-corrected chi connectivity index (χ0v) is 20.5. The third-order valence-corrected chi connectivity index (χ3v) is 6.98. The minimum Gasteiger partial charge on any atom is -0.460 e. The Morgan fingerprint density at radius 1 is 1.21 bits per heavy atom. The Hall–Kier alpha value is -2.58. The van der Waals surface area contributed by atoms with Gasteiger partial charge in [-0.25, -0.2) is 9.79 Å². The molecule has 1 aliphatic carbocycles. The summed E-state index contributed by atoms with van der Waals surface area (Å²) in [6.07, 6.45) is 2.62. The van der Waals surface area contributed by atoms with E-state index in [-0.39, 0.29) is 18.9 Å². The highest BCUT2D eigenvalue weighted by atomic mass is 32.2. The van der Waals surface area contributed by atoms with Gasteiger partial charge in [0.05, 0.1) is 30.3 Å².